The van der Waals surface area contributed by atoms with Gasteiger partial charge in [-0.2, -0.15) is 0 Å². The lowest BCUT2D eigenvalue weighted by molar-refractivity contribution is -0.138. The fraction of sp³-hybridized carbons (Fsp3) is 0.294. The second-order valence-electron chi connectivity index (χ2n) is 5.67. The van der Waals surface area contributed by atoms with Gasteiger partial charge in [0, 0.05) is 22.0 Å². The maximum Gasteiger partial charge on any atom is 0.323 e. The number of thiophene rings is 1. The summed E-state index contributed by atoms with van der Waals surface area (Å²) in [6, 6.07) is 9.36. The van der Waals surface area contributed by atoms with Gasteiger partial charge in [0.15, 0.2) is 0 Å². The zero-order chi connectivity index (χ0) is 16.6. The maximum absolute atomic E-state index is 12.7. The van der Waals surface area contributed by atoms with Crippen LogP contribution >= 0.6 is 11.3 Å². The summed E-state index contributed by atoms with van der Waals surface area (Å²) in [5, 5.41) is 9.01. The third-order valence-electron chi connectivity index (χ3n) is 3.72. The monoisotopic (exact) mass is 331 g/mol. The topological polar surface area (TPSA) is 66.8 Å². The highest BCUT2D eigenvalue weighted by molar-refractivity contribution is 7.17. The summed E-state index contributed by atoms with van der Waals surface area (Å²) in [7, 11) is 0. The number of hydrogen-bond acceptors (Lipinski definition) is 4. The van der Waals surface area contributed by atoms with Crippen molar-refractivity contribution < 1.29 is 19.4 Å². The molecule has 1 aromatic carbocycles. The average molecular weight is 331 g/mol. The Kier molecular flexibility index (Phi) is 4.09. The molecule has 0 atom stereocenters. The molecule has 1 aliphatic rings. The molecule has 0 unspecified atom stereocenters. The molecule has 0 radical (unpaired) electrons. The van der Waals surface area contributed by atoms with E-state index in [9.17, 15) is 9.59 Å². The Morgan fingerprint density at radius 1 is 1.35 bits per heavy atom. The third kappa shape index (κ3) is 2.94. The molecule has 0 bridgehead atoms. The van der Waals surface area contributed by atoms with Crippen molar-refractivity contribution in [2.75, 3.05) is 6.54 Å². The van der Waals surface area contributed by atoms with Gasteiger partial charge in [-0.3, -0.25) is 9.59 Å². The molecule has 2 heterocycles. The minimum Gasteiger partial charge on any atom is -0.488 e. The standard InChI is InChI=1S/C17H17NO4S/c1-10(2)18(8-15(19)20)17(21)14-7-11-9-22-13-6-4-3-5-12(13)16(11)23-14/h3-7,10H,8-9H2,1-2H3,(H,19,20). The van der Waals surface area contributed by atoms with Crippen LogP contribution in [-0.2, 0) is 11.4 Å². The number of fused-ring (bicyclic) bond motifs is 3. The van der Waals surface area contributed by atoms with E-state index in [1.54, 1.807) is 0 Å². The number of benzene rings is 1. The molecular weight excluding hydrogens is 314 g/mol. The summed E-state index contributed by atoms with van der Waals surface area (Å²) >= 11 is 1.39. The number of nitrogens with zero attached hydrogens (tertiary/aromatic N) is 1. The summed E-state index contributed by atoms with van der Waals surface area (Å²) in [5.41, 5.74) is 1.95. The lowest BCUT2D eigenvalue weighted by Gasteiger charge is -2.24. The van der Waals surface area contributed by atoms with Crippen LogP contribution in [0.3, 0.4) is 0 Å². The first-order valence-electron chi connectivity index (χ1n) is 7.35. The largest absolute Gasteiger partial charge is 0.488 e. The van der Waals surface area contributed by atoms with E-state index in [1.165, 1.54) is 16.2 Å². The molecule has 0 saturated heterocycles. The summed E-state index contributed by atoms with van der Waals surface area (Å²) in [6.07, 6.45) is 0. The smallest absolute Gasteiger partial charge is 0.323 e. The Balaban J connectivity index is 1.96. The normalized spacial score (nSPS) is 12.3. The Labute approximate surface area is 138 Å². The predicted molar refractivity (Wildman–Crippen MR) is 87.9 cm³/mol. The molecule has 5 nitrogen and oxygen atoms in total. The molecular formula is C17H17NO4S. The molecule has 2 aromatic rings. The van der Waals surface area contributed by atoms with E-state index in [4.69, 9.17) is 9.84 Å². The van der Waals surface area contributed by atoms with E-state index in [0.29, 0.717) is 11.5 Å². The van der Waals surface area contributed by atoms with Crippen LogP contribution in [0.1, 0.15) is 29.1 Å². The van der Waals surface area contributed by atoms with Gasteiger partial charge in [0.1, 0.15) is 18.9 Å². The van der Waals surface area contributed by atoms with Crippen molar-refractivity contribution in [3.05, 3.63) is 40.8 Å². The van der Waals surface area contributed by atoms with Crippen molar-refractivity contribution in [3.63, 3.8) is 0 Å². The van der Waals surface area contributed by atoms with Crippen molar-refractivity contribution in [1.82, 2.24) is 4.90 Å². The van der Waals surface area contributed by atoms with Gasteiger partial charge in [-0.25, -0.2) is 0 Å². The highest BCUT2D eigenvalue weighted by Crippen LogP contribution is 2.42. The van der Waals surface area contributed by atoms with Gasteiger partial charge in [-0.05, 0) is 32.0 Å². The summed E-state index contributed by atoms with van der Waals surface area (Å²) in [4.78, 5) is 26.6. The minimum absolute atomic E-state index is 0.179. The SMILES string of the molecule is CC(C)N(CC(=O)O)C(=O)c1cc2c(s1)-c1ccccc1OC2. The number of carboxylic acids is 1. The van der Waals surface area contributed by atoms with Crippen molar-refractivity contribution >= 4 is 23.2 Å². The number of ether oxygens (including phenoxy) is 1. The molecule has 120 valence electrons. The minimum atomic E-state index is -1.01. The Morgan fingerprint density at radius 2 is 2.09 bits per heavy atom. The second-order valence-corrected chi connectivity index (χ2v) is 6.72. The lowest BCUT2D eigenvalue weighted by atomic mass is 10.1. The molecule has 1 aliphatic heterocycles. The van der Waals surface area contributed by atoms with Gasteiger partial charge < -0.3 is 14.7 Å². The quantitative estimate of drug-likeness (QED) is 0.934. The highest BCUT2D eigenvalue weighted by atomic mass is 32.1. The van der Waals surface area contributed by atoms with E-state index in [1.807, 2.05) is 44.2 Å². The van der Waals surface area contributed by atoms with Gasteiger partial charge in [0.05, 0.1) is 4.88 Å². The van der Waals surface area contributed by atoms with Gasteiger partial charge >= 0.3 is 5.97 Å². The van der Waals surface area contributed by atoms with Gasteiger partial charge in [-0.15, -0.1) is 11.3 Å². The highest BCUT2D eigenvalue weighted by Gasteiger charge is 2.27. The van der Waals surface area contributed by atoms with Crippen LogP contribution in [0.25, 0.3) is 10.4 Å². The van der Waals surface area contributed by atoms with E-state index in [2.05, 4.69) is 0 Å². The Bertz CT molecular complexity index is 766. The number of carbonyl (C=O) groups excluding carboxylic acids is 1. The molecule has 23 heavy (non-hydrogen) atoms. The van der Waals surface area contributed by atoms with Crippen LogP contribution in [-0.4, -0.2) is 34.5 Å². The average Bonchev–Trinajstić information content (AvgIpc) is 2.96. The Morgan fingerprint density at radius 3 is 2.78 bits per heavy atom. The van der Waals surface area contributed by atoms with E-state index >= 15 is 0 Å². The molecule has 1 amide bonds. The fourth-order valence-electron chi connectivity index (χ4n) is 2.58. The van der Waals surface area contributed by atoms with Crippen molar-refractivity contribution in [3.8, 4) is 16.2 Å². The zero-order valence-corrected chi connectivity index (χ0v) is 13.7. The van der Waals surface area contributed by atoms with Crippen LogP contribution in [0.15, 0.2) is 30.3 Å². The number of hydrogen-bond donors (Lipinski definition) is 1. The van der Waals surface area contributed by atoms with Crippen LogP contribution in [0, 0.1) is 0 Å². The molecule has 0 spiro atoms. The predicted octanol–water partition coefficient (Wildman–Crippen LogP) is 3.24. The fourth-order valence-corrected chi connectivity index (χ4v) is 3.73. The lowest BCUT2D eigenvalue weighted by Crippen LogP contribution is -2.40. The first kappa shape index (κ1) is 15.6. The van der Waals surface area contributed by atoms with Crippen LogP contribution < -0.4 is 4.74 Å². The maximum atomic E-state index is 12.7. The molecule has 3 rings (SSSR count). The molecule has 1 N–H and O–H groups in total. The number of aliphatic carboxylic acids is 1. The van der Waals surface area contributed by atoms with Crippen LogP contribution in [0.4, 0.5) is 0 Å². The van der Waals surface area contributed by atoms with Gasteiger partial charge in [0.2, 0.25) is 0 Å². The van der Waals surface area contributed by atoms with Crippen molar-refractivity contribution in [1.29, 1.82) is 0 Å². The van der Waals surface area contributed by atoms with Crippen LogP contribution in [0.5, 0.6) is 5.75 Å². The van der Waals surface area contributed by atoms with Crippen molar-refractivity contribution in [2.45, 2.75) is 26.5 Å². The number of carbonyl (C=O) groups is 2. The van der Waals surface area contributed by atoms with E-state index in [0.717, 1.165) is 21.8 Å². The molecule has 0 aliphatic carbocycles. The number of carboxylic acid groups (broad SMARTS) is 1. The molecule has 1 aromatic heterocycles. The van der Waals surface area contributed by atoms with Crippen LogP contribution in [0.2, 0.25) is 0 Å². The second kappa shape index (κ2) is 6.04. The molecule has 0 saturated carbocycles. The van der Waals surface area contributed by atoms with Crippen molar-refractivity contribution in [2.24, 2.45) is 0 Å². The number of amides is 1. The number of rotatable bonds is 4. The summed E-state index contributed by atoms with van der Waals surface area (Å²) in [5.74, 6) is -0.451. The molecule has 0 fully saturated rings. The van der Waals surface area contributed by atoms with Gasteiger partial charge in [0.25, 0.3) is 5.91 Å². The Hall–Kier alpha value is -2.34. The molecule has 6 heteroatoms. The first-order chi connectivity index (χ1) is 11.0. The van der Waals surface area contributed by atoms with Gasteiger partial charge in [-0.1, -0.05) is 12.1 Å². The van der Waals surface area contributed by atoms with E-state index in [-0.39, 0.29) is 18.5 Å². The summed E-state index contributed by atoms with van der Waals surface area (Å²) in [6.45, 7) is 3.75. The van der Waals surface area contributed by atoms with E-state index < -0.39 is 5.97 Å². The third-order valence-corrected chi connectivity index (χ3v) is 4.92. The summed E-state index contributed by atoms with van der Waals surface area (Å²) < 4.78 is 5.70. The number of para-hydroxylation sites is 1. The first-order valence-corrected chi connectivity index (χ1v) is 8.16. The zero-order valence-electron chi connectivity index (χ0n) is 12.9.